The minimum Gasteiger partial charge on any atom is -0.447 e. The summed E-state index contributed by atoms with van der Waals surface area (Å²) in [7, 11) is 0. The minimum absolute atomic E-state index is 0.0664. The summed E-state index contributed by atoms with van der Waals surface area (Å²) in [6.07, 6.45) is 6.00. The molecule has 0 aromatic heterocycles. The van der Waals surface area contributed by atoms with Crippen LogP contribution in [0.5, 0.6) is 0 Å². The van der Waals surface area contributed by atoms with Crippen LogP contribution < -0.4 is 0 Å². The smallest absolute Gasteiger partial charge is 0.352 e. The first kappa shape index (κ1) is 32.5. The number of hydrogen-bond acceptors (Lipinski definition) is 9. The van der Waals surface area contributed by atoms with Gasteiger partial charge in [-0.1, -0.05) is 36.4 Å². The molecular formula is C36H36FNO6S2. The number of allylic oxidation sites excluding steroid dienone is 4. The second-order valence-corrected chi connectivity index (χ2v) is 15.1. The van der Waals surface area contributed by atoms with E-state index in [-0.39, 0.29) is 24.2 Å². The SMILES string of the molecule is CSc1cccc(Sc2ccc(C(=O)O[C@@]3(C(=O)OCC#N)CC[C@H]4[C@@H]5CCC6=CC(=O)C=C[C@]6(C)C5(F)[C@@H](O)C[C@@]43C)cc2)c1. The van der Waals surface area contributed by atoms with Crippen molar-refractivity contribution in [3.8, 4) is 6.07 Å². The average Bonchev–Trinajstić information content (AvgIpc) is 3.33. The molecule has 46 heavy (non-hydrogen) atoms. The molecule has 10 heteroatoms. The highest BCUT2D eigenvalue weighted by Gasteiger charge is 2.76. The number of aliphatic hydroxyl groups excluding tert-OH is 1. The predicted molar refractivity (Wildman–Crippen MR) is 172 cm³/mol. The summed E-state index contributed by atoms with van der Waals surface area (Å²) >= 11 is 3.21. The normalized spacial score (nSPS) is 34.4. The van der Waals surface area contributed by atoms with Crippen molar-refractivity contribution in [3.63, 3.8) is 0 Å². The van der Waals surface area contributed by atoms with E-state index in [9.17, 15) is 24.8 Å². The number of thioether (sulfide) groups is 1. The summed E-state index contributed by atoms with van der Waals surface area (Å²) in [4.78, 5) is 42.9. The first-order valence-electron chi connectivity index (χ1n) is 15.4. The molecule has 4 aliphatic rings. The van der Waals surface area contributed by atoms with Gasteiger partial charge in [0.2, 0.25) is 5.60 Å². The molecule has 3 saturated carbocycles. The molecule has 4 aliphatic carbocycles. The zero-order chi connectivity index (χ0) is 32.9. The zero-order valence-corrected chi connectivity index (χ0v) is 27.6. The maximum absolute atomic E-state index is 17.6. The number of halogens is 1. The Labute approximate surface area is 276 Å². The average molecular weight is 662 g/mol. The number of carbonyl (C=O) groups excluding carboxylic acids is 3. The number of carbonyl (C=O) groups is 3. The fourth-order valence-corrected chi connectivity index (χ4v) is 10.0. The molecule has 6 rings (SSSR count). The highest BCUT2D eigenvalue weighted by molar-refractivity contribution is 7.99. The third kappa shape index (κ3) is 4.94. The molecule has 0 spiro atoms. The first-order chi connectivity index (χ1) is 21.9. The van der Waals surface area contributed by atoms with Crippen LogP contribution in [0.4, 0.5) is 4.39 Å². The van der Waals surface area contributed by atoms with Crippen LogP contribution in [0, 0.1) is 34.0 Å². The molecule has 2 aromatic carbocycles. The van der Waals surface area contributed by atoms with Crippen LogP contribution >= 0.6 is 23.5 Å². The predicted octanol–water partition coefficient (Wildman–Crippen LogP) is 6.89. The van der Waals surface area contributed by atoms with Crippen LogP contribution in [-0.4, -0.2) is 53.1 Å². The maximum atomic E-state index is 17.6. The fraction of sp³-hybridized carbons (Fsp3) is 0.444. The van der Waals surface area contributed by atoms with E-state index in [1.54, 1.807) is 61.6 Å². The molecule has 0 heterocycles. The van der Waals surface area contributed by atoms with E-state index < -0.39 is 58.6 Å². The number of nitriles is 1. The lowest BCUT2D eigenvalue weighted by Crippen LogP contribution is -2.69. The Balaban J connectivity index is 1.30. The maximum Gasteiger partial charge on any atom is 0.352 e. The summed E-state index contributed by atoms with van der Waals surface area (Å²) in [6.45, 7) is 2.96. The molecule has 2 aromatic rings. The summed E-state index contributed by atoms with van der Waals surface area (Å²) in [5.41, 5.74) is -5.42. The monoisotopic (exact) mass is 661 g/mol. The van der Waals surface area contributed by atoms with Gasteiger partial charge < -0.3 is 14.6 Å². The molecule has 7 atom stereocenters. The van der Waals surface area contributed by atoms with E-state index in [0.717, 1.165) is 14.7 Å². The van der Waals surface area contributed by atoms with E-state index in [2.05, 4.69) is 6.07 Å². The van der Waals surface area contributed by atoms with Gasteiger partial charge in [0.1, 0.15) is 6.07 Å². The van der Waals surface area contributed by atoms with Crippen molar-refractivity contribution < 1.29 is 33.4 Å². The summed E-state index contributed by atoms with van der Waals surface area (Å²) in [5.74, 6) is -2.92. The van der Waals surface area contributed by atoms with Crippen LogP contribution in [0.1, 0.15) is 56.3 Å². The summed E-state index contributed by atoms with van der Waals surface area (Å²) < 4.78 is 29.1. The Kier molecular flexibility index (Phi) is 8.49. The van der Waals surface area contributed by atoms with Gasteiger partial charge in [0.05, 0.1) is 11.7 Å². The van der Waals surface area contributed by atoms with Crippen molar-refractivity contribution in [2.75, 3.05) is 12.9 Å². The molecule has 0 amide bonds. The number of ketones is 1. The lowest BCUT2D eigenvalue weighted by Gasteiger charge is -2.62. The molecule has 1 N–H and O–H groups in total. The number of rotatable bonds is 7. The van der Waals surface area contributed by atoms with E-state index >= 15 is 4.39 Å². The number of benzene rings is 2. The highest BCUT2D eigenvalue weighted by atomic mass is 32.2. The van der Waals surface area contributed by atoms with E-state index in [0.29, 0.717) is 24.8 Å². The lowest BCUT2D eigenvalue weighted by atomic mass is 9.45. The molecule has 0 radical (unpaired) electrons. The van der Waals surface area contributed by atoms with Crippen molar-refractivity contribution in [3.05, 3.63) is 77.9 Å². The molecule has 7 nitrogen and oxygen atoms in total. The second-order valence-electron chi connectivity index (χ2n) is 13.1. The molecular weight excluding hydrogens is 626 g/mol. The van der Waals surface area contributed by atoms with Crippen molar-refractivity contribution in [1.82, 2.24) is 0 Å². The number of esters is 2. The van der Waals surface area contributed by atoms with Gasteiger partial charge in [-0.3, -0.25) is 4.79 Å². The molecule has 0 bridgehead atoms. The Morgan fingerprint density at radius 2 is 1.83 bits per heavy atom. The van der Waals surface area contributed by atoms with Gasteiger partial charge in [0.15, 0.2) is 18.1 Å². The molecule has 3 fully saturated rings. The summed E-state index contributed by atoms with van der Waals surface area (Å²) in [6, 6.07) is 16.8. The highest BCUT2D eigenvalue weighted by Crippen LogP contribution is 2.70. The van der Waals surface area contributed by atoms with Crippen molar-refractivity contribution >= 4 is 41.2 Å². The topological polar surface area (TPSA) is 114 Å². The van der Waals surface area contributed by atoms with E-state index in [1.807, 2.05) is 36.6 Å². The van der Waals surface area contributed by atoms with Gasteiger partial charge in [0, 0.05) is 31.4 Å². The van der Waals surface area contributed by atoms with Crippen LogP contribution in [-0.2, 0) is 19.1 Å². The van der Waals surface area contributed by atoms with Gasteiger partial charge in [-0.2, -0.15) is 5.26 Å². The molecule has 0 aliphatic heterocycles. The minimum atomic E-state index is -2.10. The molecule has 240 valence electrons. The van der Waals surface area contributed by atoms with Crippen molar-refractivity contribution in [2.24, 2.45) is 22.7 Å². The van der Waals surface area contributed by atoms with Crippen LogP contribution in [0.25, 0.3) is 0 Å². The number of aliphatic hydroxyl groups is 1. The Morgan fingerprint density at radius 1 is 1.09 bits per heavy atom. The van der Waals surface area contributed by atoms with Crippen LogP contribution in [0.15, 0.2) is 87.0 Å². The van der Waals surface area contributed by atoms with Crippen LogP contribution in [0.2, 0.25) is 0 Å². The fourth-order valence-electron chi connectivity index (χ4n) is 8.63. The van der Waals surface area contributed by atoms with Gasteiger partial charge in [-0.15, -0.1) is 11.8 Å². The number of ether oxygens (including phenoxy) is 2. The van der Waals surface area contributed by atoms with Crippen molar-refractivity contribution in [2.45, 2.75) is 78.0 Å². The summed E-state index contributed by atoms with van der Waals surface area (Å²) in [5, 5.41) is 20.9. The van der Waals surface area contributed by atoms with Gasteiger partial charge in [0.25, 0.3) is 0 Å². The Morgan fingerprint density at radius 3 is 2.54 bits per heavy atom. The van der Waals surface area contributed by atoms with Crippen LogP contribution in [0.3, 0.4) is 0 Å². The molecule has 0 saturated heterocycles. The lowest BCUT2D eigenvalue weighted by molar-refractivity contribution is -0.224. The third-order valence-electron chi connectivity index (χ3n) is 11.0. The number of nitrogens with zero attached hydrogens (tertiary/aromatic N) is 1. The standard InChI is InChI=1S/C36H36FNO6S2/c1-33-15-13-24(39)19-23(33)9-12-29-28-14-16-35(32(42)43-18-17-38,34(28,2)21-30(40)36(29,33)37)44-31(41)22-7-10-25(11-8-22)46-27-6-4-5-26(20-27)45-3/h4-8,10-11,13,15,19-20,28-30,40H,9,12,14,16,18,21H2,1-3H3/t28-,29-,30-,33-,34-,35+,36?/m0/s1. The molecule has 1 unspecified atom stereocenters. The largest absolute Gasteiger partial charge is 0.447 e. The number of fused-ring (bicyclic) bond motifs is 5. The number of hydrogen-bond donors (Lipinski definition) is 1. The van der Waals surface area contributed by atoms with Crippen molar-refractivity contribution in [1.29, 1.82) is 5.26 Å². The van der Waals surface area contributed by atoms with E-state index in [4.69, 9.17) is 9.47 Å². The van der Waals surface area contributed by atoms with Gasteiger partial charge >= 0.3 is 11.9 Å². The third-order valence-corrected chi connectivity index (χ3v) is 12.7. The number of alkyl halides is 1. The first-order valence-corrected chi connectivity index (χ1v) is 17.5. The Bertz CT molecular complexity index is 1690. The second kappa shape index (κ2) is 12.0. The van der Waals surface area contributed by atoms with E-state index in [1.165, 1.54) is 12.2 Å². The van der Waals surface area contributed by atoms with Gasteiger partial charge in [-0.25, -0.2) is 14.0 Å². The zero-order valence-electron chi connectivity index (χ0n) is 26.0. The quantitative estimate of drug-likeness (QED) is 0.250. The van der Waals surface area contributed by atoms with Gasteiger partial charge in [-0.05, 0) is 106 Å². The Hall–Kier alpha value is -3.39.